The molecule has 1 heterocycles. The molecule has 1 aromatic rings. The van der Waals surface area contributed by atoms with Gasteiger partial charge in [-0.15, -0.1) is 0 Å². The average Bonchev–Trinajstić information content (AvgIpc) is 2.72. The van der Waals surface area contributed by atoms with Gasteiger partial charge in [-0.25, -0.2) is 0 Å². The van der Waals surface area contributed by atoms with Crippen LogP contribution >= 0.6 is 11.7 Å². The first-order valence-corrected chi connectivity index (χ1v) is 5.60. The minimum atomic E-state index is 0.0184. The Hall–Kier alpha value is -0.740. The summed E-state index contributed by atoms with van der Waals surface area (Å²) in [5, 5.41) is 9.46. The number of nitrogens with zero attached hydrogens (tertiary/aromatic N) is 2. The lowest BCUT2D eigenvalue weighted by molar-refractivity contribution is 0.113. The highest BCUT2D eigenvalue weighted by Gasteiger charge is 2.30. The Morgan fingerprint density at radius 3 is 3.00 bits per heavy atom. The molecule has 0 spiro atoms. The van der Waals surface area contributed by atoms with Gasteiger partial charge in [0.25, 0.3) is 0 Å². The van der Waals surface area contributed by atoms with Crippen molar-refractivity contribution in [1.82, 2.24) is 8.75 Å². The summed E-state index contributed by atoms with van der Waals surface area (Å²) in [6, 6.07) is 0. The van der Waals surface area contributed by atoms with Gasteiger partial charge in [0.2, 0.25) is 0 Å². The van der Waals surface area contributed by atoms with Gasteiger partial charge in [-0.05, 0) is 19.3 Å². The van der Waals surface area contributed by atoms with Gasteiger partial charge in [0.05, 0.1) is 23.6 Å². The van der Waals surface area contributed by atoms with Crippen LogP contribution in [0.4, 0.5) is 0 Å². The third kappa shape index (κ3) is 2.01. The molecule has 2 rings (SSSR count). The Bertz CT molecular complexity index is 310. The largest absolute Gasteiger partial charge is 0.396 e. The summed E-state index contributed by atoms with van der Waals surface area (Å²) in [5.41, 5.74) is 1.03. The summed E-state index contributed by atoms with van der Waals surface area (Å²) in [5.74, 6) is 0. The van der Waals surface area contributed by atoms with E-state index in [1.165, 1.54) is 11.7 Å². The predicted molar refractivity (Wildman–Crippen MR) is 56.1 cm³/mol. The zero-order valence-corrected chi connectivity index (χ0v) is 8.83. The van der Waals surface area contributed by atoms with Crippen molar-refractivity contribution in [2.45, 2.75) is 25.7 Å². The first-order chi connectivity index (χ1) is 6.85. The fourth-order valence-electron chi connectivity index (χ4n) is 1.95. The highest BCUT2D eigenvalue weighted by atomic mass is 32.1. The molecule has 1 atom stereocenters. The molecule has 0 bridgehead atoms. The maximum atomic E-state index is 9.46. The fraction of sp³-hybridized carbons (Fsp3) is 0.600. The molecule has 0 fully saturated rings. The molecule has 1 aliphatic carbocycles. The third-order valence-electron chi connectivity index (χ3n) is 2.86. The Labute approximate surface area is 87.8 Å². The van der Waals surface area contributed by atoms with E-state index in [1.807, 2.05) is 0 Å². The second kappa shape index (κ2) is 4.19. The number of aliphatic hydroxyl groups excluding tert-OH is 1. The summed E-state index contributed by atoms with van der Waals surface area (Å²) >= 11 is 1.24. The molecule has 0 radical (unpaired) electrons. The molecule has 0 aliphatic heterocycles. The van der Waals surface area contributed by atoms with Crippen LogP contribution in [0.25, 0.3) is 0 Å². The number of aliphatic hydroxyl groups is 1. The van der Waals surface area contributed by atoms with Gasteiger partial charge in [0, 0.05) is 18.4 Å². The number of rotatable bonds is 3. The van der Waals surface area contributed by atoms with E-state index in [1.54, 1.807) is 6.20 Å². The van der Waals surface area contributed by atoms with Gasteiger partial charge >= 0.3 is 0 Å². The normalized spacial score (nSPS) is 26.6. The van der Waals surface area contributed by atoms with E-state index >= 15 is 0 Å². The molecule has 76 valence electrons. The first kappa shape index (κ1) is 9.80. The SMILES string of the molecule is OCC1(Cc2cnsn2)CC=CCC1. The standard InChI is InChI=1S/C10H14N2OS/c13-8-10(4-2-1-3-5-10)6-9-7-11-14-12-9/h1-2,7,13H,3-6,8H2. The summed E-state index contributed by atoms with van der Waals surface area (Å²) in [4.78, 5) is 0. The number of hydrogen-bond donors (Lipinski definition) is 1. The molecule has 0 saturated heterocycles. The van der Waals surface area contributed by atoms with E-state index in [0.29, 0.717) is 0 Å². The van der Waals surface area contributed by atoms with Crippen molar-refractivity contribution in [2.24, 2.45) is 5.41 Å². The van der Waals surface area contributed by atoms with E-state index in [0.717, 1.165) is 31.4 Å². The van der Waals surface area contributed by atoms with Crippen LogP contribution in [0.3, 0.4) is 0 Å². The zero-order chi connectivity index (χ0) is 9.86. The highest BCUT2D eigenvalue weighted by Crippen LogP contribution is 2.35. The van der Waals surface area contributed by atoms with Crippen LogP contribution in [-0.2, 0) is 6.42 Å². The van der Waals surface area contributed by atoms with Crippen LogP contribution in [0.2, 0.25) is 0 Å². The summed E-state index contributed by atoms with van der Waals surface area (Å²) in [7, 11) is 0. The molecule has 0 aromatic carbocycles. The van der Waals surface area contributed by atoms with Gasteiger partial charge in [-0.1, -0.05) is 12.2 Å². The molecular weight excluding hydrogens is 196 g/mol. The number of allylic oxidation sites excluding steroid dienone is 2. The molecule has 1 aromatic heterocycles. The van der Waals surface area contributed by atoms with Crippen molar-refractivity contribution < 1.29 is 5.11 Å². The molecule has 1 unspecified atom stereocenters. The number of aromatic nitrogens is 2. The molecule has 0 saturated carbocycles. The van der Waals surface area contributed by atoms with Gasteiger partial charge in [0.15, 0.2) is 0 Å². The molecule has 4 heteroatoms. The summed E-state index contributed by atoms with van der Waals surface area (Å²) in [6.07, 6.45) is 10.1. The van der Waals surface area contributed by atoms with Crippen LogP contribution in [0.1, 0.15) is 25.0 Å². The van der Waals surface area contributed by atoms with E-state index in [-0.39, 0.29) is 12.0 Å². The van der Waals surface area contributed by atoms with Gasteiger partial charge in [-0.3, -0.25) is 0 Å². The lowest BCUT2D eigenvalue weighted by Gasteiger charge is -2.32. The number of hydrogen-bond acceptors (Lipinski definition) is 4. The van der Waals surface area contributed by atoms with Crippen molar-refractivity contribution >= 4 is 11.7 Å². The Morgan fingerprint density at radius 1 is 1.50 bits per heavy atom. The van der Waals surface area contributed by atoms with E-state index in [9.17, 15) is 5.11 Å². The Morgan fingerprint density at radius 2 is 2.43 bits per heavy atom. The lowest BCUT2D eigenvalue weighted by Crippen LogP contribution is -2.29. The van der Waals surface area contributed by atoms with E-state index in [4.69, 9.17) is 0 Å². The fourth-order valence-corrected chi connectivity index (χ4v) is 2.38. The topological polar surface area (TPSA) is 46.0 Å². The van der Waals surface area contributed by atoms with Crippen LogP contribution in [0.5, 0.6) is 0 Å². The van der Waals surface area contributed by atoms with Crippen LogP contribution in [-0.4, -0.2) is 20.5 Å². The minimum Gasteiger partial charge on any atom is -0.396 e. The molecule has 14 heavy (non-hydrogen) atoms. The van der Waals surface area contributed by atoms with E-state index in [2.05, 4.69) is 20.9 Å². The van der Waals surface area contributed by atoms with E-state index < -0.39 is 0 Å². The molecule has 3 nitrogen and oxygen atoms in total. The second-order valence-electron chi connectivity index (χ2n) is 3.95. The van der Waals surface area contributed by atoms with Gasteiger partial charge in [-0.2, -0.15) is 8.75 Å². The van der Waals surface area contributed by atoms with Gasteiger partial charge < -0.3 is 5.11 Å². The molecule has 1 aliphatic rings. The summed E-state index contributed by atoms with van der Waals surface area (Å²) < 4.78 is 8.18. The maximum absolute atomic E-state index is 9.46. The molecular formula is C10H14N2OS. The Balaban J connectivity index is 2.09. The minimum absolute atomic E-state index is 0.0184. The molecule has 0 amide bonds. The first-order valence-electron chi connectivity index (χ1n) is 4.87. The summed E-state index contributed by atoms with van der Waals surface area (Å²) in [6.45, 7) is 0.245. The predicted octanol–water partition coefficient (Wildman–Crippen LogP) is 1.80. The van der Waals surface area contributed by atoms with Crippen molar-refractivity contribution in [3.8, 4) is 0 Å². The zero-order valence-electron chi connectivity index (χ0n) is 8.02. The van der Waals surface area contributed by atoms with Crippen LogP contribution in [0, 0.1) is 5.41 Å². The molecule has 1 N–H and O–H groups in total. The van der Waals surface area contributed by atoms with Crippen molar-refractivity contribution in [1.29, 1.82) is 0 Å². The second-order valence-corrected chi connectivity index (χ2v) is 4.50. The highest BCUT2D eigenvalue weighted by molar-refractivity contribution is 6.99. The maximum Gasteiger partial charge on any atom is 0.0749 e. The lowest BCUT2D eigenvalue weighted by atomic mass is 9.74. The average molecular weight is 210 g/mol. The van der Waals surface area contributed by atoms with Crippen molar-refractivity contribution in [3.63, 3.8) is 0 Å². The smallest absolute Gasteiger partial charge is 0.0749 e. The van der Waals surface area contributed by atoms with Crippen LogP contribution < -0.4 is 0 Å². The van der Waals surface area contributed by atoms with Crippen molar-refractivity contribution in [2.75, 3.05) is 6.61 Å². The van der Waals surface area contributed by atoms with Crippen LogP contribution in [0.15, 0.2) is 18.3 Å². The monoisotopic (exact) mass is 210 g/mol. The Kier molecular flexibility index (Phi) is 2.93. The van der Waals surface area contributed by atoms with Crippen molar-refractivity contribution in [3.05, 3.63) is 24.0 Å². The quantitative estimate of drug-likeness (QED) is 0.774. The third-order valence-corrected chi connectivity index (χ3v) is 3.37. The van der Waals surface area contributed by atoms with Gasteiger partial charge in [0.1, 0.15) is 0 Å².